The lowest BCUT2D eigenvalue weighted by atomic mass is 10.1. The first-order valence-corrected chi connectivity index (χ1v) is 6.01. The van der Waals surface area contributed by atoms with E-state index in [1.807, 2.05) is 43.5 Å². The number of aromatic nitrogens is 2. The lowest BCUT2D eigenvalue weighted by Crippen LogP contribution is -1.96. The molecule has 0 aliphatic rings. The Balaban J connectivity index is 2.39. The summed E-state index contributed by atoms with van der Waals surface area (Å²) in [7, 11) is 0. The van der Waals surface area contributed by atoms with E-state index in [4.69, 9.17) is 5.11 Å². The van der Waals surface area contributed by atoms with Gasteiger partial charge in [-0.25, -0.2) is 9.78 Å². The fourth-order valence-electron chi connectivity index (χ4n) is 1.92. The maximum absolute atomic E-state index is 10.5. The molecule has 1 aromatic carbocycles. The van der Waals surface area contributed by atoms with Crippen LogP contribution in [0.3, 0.4) is 0 Å². The average molecular weight is 256 g/mol. The van der Waals surface area contributed by atoms with Crippen molar-refractivity contribution in [3.05, 3.63) is 53.1 Å². The zero-order valence-electron chi connectivity index (χ0n) is 11.2. The van der Waals surface area contributed by atoms with E-state index >= 15 is 0 Å². The summed E-state index contributed by atoms with van der Waals surface area (Å²) < 4.78 is 2.02. The fourth-order valence-corrected chi connectivity index (χ4v) is 1.92. The third-order valence-corrected chi connectivity index (χ3v) is 3.19. The summed E-state index contributed by atoms with van der Waals surface area (Å²) in [6, 6.07) is 5.90. The van der Waals surface area contributed by atoms with Gasteiger partial charge in [0.15, 0.2) is 0 Å². The van der Waals surface area contributed by atoms with Crippen LogP contribution in [0.1, 0.15) is 22.5 Å². The molecule has 1 aromatic heterocycles. The molecular formula is C15H16N2O2. The molecule has 0 fully saturated rings. The molecule has 0 radical (unpaired) electrons. The Hall–Kier alpha value is -2.36. The van der Waals surface area contributed by atoms with Gasteiger partial charge in [-0.05, 0) is 50.1 Å². The molecule has 4 heteroatoms. The number of imidazole rings is 1. The van der Waals surface area contributed by atoms with Gasteiger partial charge in [-0.2, -0.15) is 0 Å². The van der Waals surface area contributed by atoms with Crippen LogP contribution in [0.15, 0.2) is 30.6 Å². The number of rotatable bonds is 3. The van der Waals surface area contributed by atoms with Gasteiger partial charge >= 0.3 is 5.97 Å². The minimum absolute atomic E-state index is 0.903. The number of aryl methyl sites for hydroxylation is 2. The quantitative estimate of drug-likeness (QED) is 0.859. The van der Waals surface area contributed by atoms with Crippen LogP contribution in [0, 0.1) is 20.8 Å². The third-order valence-electron chi connectivity index (χ3n) is 3.19. The summed E-state index contributed by atoms with van der Waals surface area (Å²) in [6.45, 7) is 5.96. The largest absolute Gasteiger partial charge is 0.478 e. The van der Waals surface area contributed by atoms with Crippen molar-refractivity contribution in [1.29, 1.82) is 0 Å². The molecule has 0 unspecified atom stereocenters. The summed E-state index contributed by atoms with van der Waals surface area (Å²) in [5.74, 6) is -0.940. The van der Waals surface area contributed by atoms with Gasteiger partial charge in [0.05, 0.1) is 12.0 Å². The first-order valence-electron chi connectivity index (χ1n) is 6.01. The van der Waals surface area contributed by atoms with Gasteiger partial charge in [0.2, 0.25) is 0 Å². The zero-order valence-corrected chi connectivity index (χ0v) is 11.2. The lowest BCUT2D eigenvalue weighted by Gasteiger charge is -2.08. The van der Waals surface area contributed by atoms with Gasteiger partial charge in [0.1, 0.15) is 0 Å². The van der Waals surface area contributed by atoms with Crippen molar-refractivity contribution in [3.8, 4) is 5.69 Å². The Kier molecular flexibility index (Phi) is 3.51. The number of carboxylic acids is 1. The van der Waals surface area contributed by atoms with E-state index in [0.717, 1.165) is 34.3 Å². The Bertz CT molecular complexity index is 654. The predicted molar refractivity (Wildman–Crippen MR) is 74.4 cm³/mol. The van der Waals surface area contributed by atoms with Crippen LogP contribution in [0.25, 0.3) is 11.8 Å². The Morgan fingerprint density at radius 1 is 1.32 bits per heavy atom. The topological polar surface area (TPSA) is 55.1 Å². The highest BCUT2D eigenvalue weighted by Crippen LogP contribution is 2.18. The molecule has 4 nitrogen and oxygen atoms in total. The first-order chi connectivity index (χ1) is 8.99. The van der Waals surface area contributed by atoms with E-state index in [2.05, 4.69) is 4.98 Å². The molecule has 0 amide bonds. The monoisotopic (exact) mass is 256 g/mol. The van der Waals surface area contributed by atoms with E-state index in [1.54, 1.807) is 12.4 Å². The minimum Gasteiger partial charge on any atom is -0.478 e. The third kappa shape index (κ3) is 2.73. The van der Waals surface area contributed by atoms with E-state index in [9.17, 15) is 4.79 Å². The number of carboxylic acid groups (broad SMARTS) is 1. The maximum Gasteiger partial charge on any atom is 0.328 e. The average Bonchev–Trinajstić information content (AvgIpc) is 2.68. The molecule has 0 atom stereocenters. The van der Waals surface area contributed by atoms with Crippen LogP contribution in [0.5, 0.6) is 0 Å². The van der Waals surface area contributed by atoms with Gasteiger partial charge in [-0.1, -0.05) is 6.07 Å². The Labute approximate surface area is 112 Å². The van der Waals surface area contributed by atoms with Crippen molar-refractivity contribution < 1.29 is 9.90 Å². The number of aliphatic carboxylic acids is 1. The molecule has 19 heavy (non-hydrogen) atoms. The number of hydrogen-bond acceptors (Lipinski definition) is 2. The zero-order chi connectivity index (χ0) is 14.0. The van der Waals surface area contributed by atoms with Gasteiger partial charge < -0.3 is 9.67 Å². The van der Waals surface area contributed by atoms with E-state index < -0.39 is 5.97 Å². The number of carbonyl (C=O) groups is 1. The minimum atomic E-state index is -0.940. The van der Waals surface area contributed by atoms with Gasteiger partial charge in [-0.15, -0.1) is 0 Å². The fraction of sp³-hybridized carbons (Fsp3) is 0.200. The first kappa shape index (κ1) is 13.1. The van der Waals surface area contributed by atoms with Crippen LogP contribution < -0.4 is 0 Å². The smallest absolute Gasteiger partial charge is 0.328 e. The van der Waals surface area contributed by atoms with Crippen molar-refractivity contribution >= 4 is 12.0 Å². The van der Waals surface area contributed by atoms with Crippen molar-refractivity contribution in [3.63, 3.8) is 0 Å². The highest BCUT2D eigenvalue weighted by Gasteiger charge is 2.05. The van der Waals surface area contributed by atoms with Gasteiger partial charge in [-0.3, -0.25) is 0 Å². The summed E-state index contributed by atoms with van der Waals surface area (Å²) >= 11 is 0. The molecule has 98 valence electrons. The molecule has 0 saturated carbocycles. The van der Waals surface area contributed by atoms with Gasteiger partial charge in [0.25, 0.3) is 0 Å². The number of hydrogen-bond donors (Lipinski definition) is 1. The molecule has 0 saturated heterocycles. The molecule has 1 N–H and O–H groups in total. The molecule has 0 aliphatic heterocycles. The van der Waals surface area contributed by atoms with Crippen LogP contribution in [-0.4, -0.2) is 20.6 Å². The molecule has 0 aliphatic carbocycles. The number of benzene rings is 1. The second kappa shape index (κ2) is 5.10. The standard InChI is InChI=1S/C15H16N2O2/c1-10-8-14(17-9-16-11(2)12(17)3)6-4-13(10)5-7-15(18)19/h4-9H,1-3H3,(H,18,19). The molecular weight excluding hydrogens is 240 g/mol. The number of nitrogens with zero attached hydrogens (tertiary/aromatic N) is 2. The second-order valence-electron chi connectivity index (χ2n) is 4.50. The van der Waals surface area contributed by atoms with Crippen LogP contribution in [-0.2, 0) is 4.79 Å². The van der Waals surface area contributed by atoms with E-state index in [-0.39, 0.29) is 0 Å². The SMILES string of the molecule is Cc1cc(-n2cnc(C)c2C)ccc1C=CC(=O)O. The van der Waals surface area contributed by atoms with E-state index in [0.29, 0.717) is 0 Å². The second-order valence-corrected chi connectivity index (χ2v) is 4.50. The molecule has 0 spiro atoms. The molecule has 2 aromatic rings. The van der Waals surface area contributed by atoms with Crippen LogP contribution in [0.4, 0.5) is 0 Å². The van der Waals surface area contributed by atoms with E-state index in [1.165, 1.54) is 0 Å². The highest BCUT2D eigenvalue weighted by molar-refractivity contribution is 5.85. The Morgan fingerprint density at radius 3 is 2.58 bits per heavy atom. The lowest BCUT2D eigenvalue weighted by molar-refractivity contribution is -0.131. The van der Waals surface area contributed by atoms with Crippen LogP contribution in [0.2, 0.25) is 0 Å². The Morgan fingerprint density at radius 2 is 2.05 bits per heavy atom. The highest BCUT2D eigenvalue weighted by atomic mass is 16.4. The van der Waals surface area contributed by atoms with Crippen molar-refractivity contribution in [2.75, 3.05) is 0 Å². The normalized spacial score (nSPS) is 11.1. The molecule has 1 heterocycles. The predicted octanol–water partition coefficient (Wildman–Crippen LogP) is 2.90. The summed E-state index contributed by atoms with van der Waals surface area (Å²) in [4.78, 5) is 14.8. The maximum atomic E-state index is 10.5. The van der Waals surface area contributed by atoms with Crippen LogP contribution >= 0.6 is 0 Å². The molecule has 2 rings (SSSR count). The molecule has 0 bridgehead atoms. The summed E-state index contributed by atoms with van der Waals surface area (Å²) in [6.07, 6.45) is 4.55. The van der Waals surface area contributed by atoms with Crippen molar-refractivity contribution in [1.82, 2.24) is 9.55 Å². The van der Waals surface area contributed by atoms with Gasteiger partial charge in [0, 0.05) is 17.5 Å². The van der Waals surface area contributed by atoms with Crippen molar-refractivity contribution in [2.24, 2.45) is 0 Å². The summed E-state index contributed by atoms with van der Waals surface area (Å²) in [5, 5.41) is 8.64. The summed E-state index contributed by atoms with van der Waals surface area (Å²) in [5.41, 5.74) is 5.07. The van der Waals surface area contributed by atoms with Crippen molar-refractivity contribution in [2.45, 2.75) is 20.8 Å².